The highest BCUT2D eigenvalue weighted by atomic mass is 32.2. The van der Waals surface area contributed by atoms with E-state index < -0.39 is 21.7 Å². The fourth-order valence-electron chi connectivity index (χ4n) is 4.39. The van der Waals surface area contributed by atoms with Crippen LogP contribution in [0.3, 0.4) is 0 Å². The first kappa shape index (κ1) is 30.3. The van der Waals surface area contributed by atoms with Crippen LogP contribution in [0.2, 0.25) is 0 Å². The number of ether oxygens (including phenoxy) is 1. The second-order valence-electron chi connectivity index (χ2n) is 10.8. The Hall–Kier alpha value is -4.63. The predicted molar refractivity (Wildman–Crippen MR) is 165 cm³/mol. The van der Waals surface area contributed by atoms with Crippen LogP contribution in [0.15, 0.2) is 114 Å². The first-order valence-corrected chi connectivity index (χ1v) is 15.1. The number of esters is 1. The fraction of sp³-hybridized carbons (Fsp3) is 0.212. The molecule has 1 atom stereocenters. The van der Waals surface area contributed by atoms with Gasteiger partial charge in [0, 0.05) is 23.8 Å². The molecule has 0 aliphatic heterocycles. The van der Waals surface area contributed by atoms with Crippen LogP contribution in [0, 0.1) is 0 Å². The van der Waals surface area contributed by atoms with Gasteiger partial charge in [-0.2, -0.15) is 0 Å². The van der Waals surface area contributed by atoms with Crippen LogP contribution in [-0.4, -0.2) is 26.0 Å². The number of amides is 2. The summed E-state index contributed by atoms with van der Waals surface area (Å²) in [6.07, 6.45) is 0.0948. The van der Waals surface area contributed by atoms with Crippen molar-refractivity contribution in [1.29, 1.82) is 0 Å². The molecule has 218 valence electrons. The molecule has 8 nitrogen and oxygen atoms in total. The highest BCUT2D eigenvalue weighted by molar-refractivity contribution is 7.92. The number of rotatable bonds is 10. The lowest BCUT2D eigenvalue weighted by molar-refractivity contribution is -0.155. The largest absolute Gasteiger partial charge is 0.460 e. The van der Waals surface area contributed by atoms with E-state index in [0.29, 0.717) is 17.9 Å². The smallest absolute Gasteiger partial charge is 0.319 e. The molecule has 0 bridgehead atoms. The molecule has 0 saturated carbocycles. The number of benzene rings is 4. The highest BCUT2D eigenvalue weighted by Crippen LogP contribution is 2.31. The van der Waals surface area contributed by atoms with Crippen molar-refractivity contribution in [2.45, 2.75) is 50.2 Å². The van der Waals surface area contributed by atoms with Crippen LogP contribution < -0.4 is 15.4 Å². The van der Waals surface area contributed by atoms with Crippen molar-refractivity contribution in [2.75, 3.05) is 10.0 Å². The zero-order valence-electron chi connectivity index (χ0n) is 23.8. The van der Waals surface area contributed by atoms with E-state index in [9.17, 15) is 18.0 Å². The van der Waals surface area contributed by atoms with E-state index in [0.717, 1.165) is 16.7 Å². The first-order chi connectivity index (χ1) is 20.0. The summed E-state index contributed by atoms with van der Waals surface area (Å²) in [4.78, 5) is 25.1. The van der Waals surface area contributed by atoms with Gasteiger partial charge in [0.25, 0.3) is 10.0 Å². The van der Waals surface area contributed by atoms with Gasteiger partial charge in [-0.25, -0.2) is 13.2 Å². The molecule has 0 saturated heterocycles. The maximum Gasteiger partial charge on any atom is 0.319 e. The van der Waals surface area contributed by atoms with Crippen molar-refractivity contribution in [3.8, 4) is 0 Å². The fourth-order valence-corrected chi connectivity index (χ4v) is 5.49. The SMILES string of the molecule is CC(C)(C)OC(=O)CC(c1ccccc1)c1cccc(NS(=O)(=O)c2cccc(NC(=O)NCc3ccccc3)c2)c1. The van der Waals surface area contributed by atoms with E-state index in [-0.39, 0.29) is 23.2 Å². The van der Waals surface area contributed by atoms with E-state index >= 15 is 0 Å². The molecule has 0 spiro atoms. The number of sulfonamides is 1. The number of hydrogen-bond acceptors (Lipinski definition) is 5. The van der Waals surface area contributed by atoms with Gasteiger partial charge < -0.3 is 15.4 Å². The van der Waals surface area contributed by atoms with Gasteiger partial charge in [0.05, 0.1) is 11.3 Å². The Labute approximate surface area is 247 Å². The lowest BCUT2D eigenvalue weighted by Gasteiger charge is -2.23. The Morgan fingerprint density at radius 3 is 2.07 bits per heavy atom. The molecular weight excluding hydrogens is 550 g/mol. The van der Waals surface area contributed by atoms with E-state index in [1.165, 1.54) is 12.1 Å². The minimum absolute atomic E-state index is 0.0119. The molecule has 0 radical (unpaired) electrons. The Morgan fingerprint density at radius 2 is 1.38 bits per heavy atom. The normalized spacial score (nSPS) is 12.2. The van der Waals surface area contributed by atoms with Crippen LogP contribution in [0.5, 0.6) is 0 Å². The quantitative estimate of drug-likeness (QED) is 0.180. The zero-order valence-corrected chi connectivity index (χ0v) is 24.6. The number of nitrogens with one attached hydrogen (secondary N) is 3. The van der Waals surface area contributed by atoms with Gasteiger partial charge in [0.2, 0.25) is 0 Å². The molecule has 1 unspecified atom stereocenters. The van der Waals surface area contributed by atoms with Gasteiger partial charge in [-0.15, -0.1) is 0 Å². The number of anilines is 2. The molecule has 4 rings (SSSR count). The molecule has 0 aliphatic rings. The summed E-state index contributed by atoms with van der Waals surface area (Å²) < 4.78 is 34.8. The third-order valence-electron chi connectivity index (χ3n) is 6.23. The Morgan fingerprint density at radius 1 is 0.762 bits per heavy atom. The Balaban J connectivity index is 1.49. The van der Waals surface area contributed by atoms with Crippen molar-refractivity contribution in [3.63, 3.8) is 0 Å². The summed E-state index contributed by atoms with van der Waals surface area (Å²) >= 11 is 0. The minimum atomic E-state index is -3.99. The molecule has 0 heterocycles. The van der Waals surface area contributed by atoms with Gasteiger partial charge in [-0.3, -0.25) is 9.52 Å². The number of carbonyl (C=O) groups is 2. The molecule has 9 heteroatoms. The Bertz CT molecular complexity index is 1620. The highest BCUT2D eigenvalue weighted by Gasteiger charge is 2.24. The number of hydrogen-bond donors (Lipinski definition) is 3. The molecular formula is C33H35N3O5S. The second-order valence-corrected chi connectivity index (χ2v) is 12.5. The van der Waals surface area contributed by atoms with E-state index in [2.05, 4.69) is 15.4 Å². The summed E-state index contributed by atoms with van der Waals surface area (Å²) in [7, 11) is -3.99. The predicted octanol–water partition coefficient (Wildman–Crippen LogP) is 6.67. The molecule has 2 amide bonds. The average molecular weight is 586 g/mol. The maximum atomic E-state index is 13.3. The molecule has 0 fully saturated rings. The van der Waals surface area contributed by atoms with Crippen LogP contribution in [0.1, 0.15) is 49.8 Å². The summed E-state index contributed by atoms with van der Waals surface area (Å²) in [5.41, 5.74) is 2.67. The minimum Gasteiger partial charge on any atom is -0.460 e. The average Bonchev–Trinajstić information content (AvgIpc) is 2.95. The van der Waals surface area contributed by atoms with Gasteiger partial charge in [-0.05, 0) is 67.8 Å². The van der Waals surface area contributed by atoms with Crippen LogP contribution in [0.4, 0.5) is 16.2 Å². The Kier molecular flexibility index (Phi) is 9.64. The van der Waals surface area contributed by atoms with Crippen LogP contribution in [0.25, 0.3) is 0 Å². The van der Waals surface area contributed by atoms with E-state index in [1.807, 2.05) is 87.5 Å². The van der Waals surface area contributed by atoms with Gasteiger partial charge in [0.15, 0.2) is 0 Å². The monoisotopic (exact) mass is 585 g/mol. The second kappa shape index (κ2) is 13.4. The van der Waals surface area contributed by atoms with Gasteiger partial charge in [-0.1, -0.05) is 78.9 Å². The lowest BCUT2D eigenvalue weighted by Crippen LogP contribution is -2.28. The summed E-state index contributed by atoms with van der Waals surface area (Å²) in [6.45, 7) is 5.79. The molecule has 3 N–H and O–H groups in total. The van der Waals surface area contributed by atoms with Gasteiger partial charge >= 0.3 is 12.0 Å². The molecule has 4 aromatic carbocycles. The third-order valence-corrected chi connectivity index (χ3v) is 7.61. The summed E-state index contributed by atoms with van der Waals surface area (Å²) in [5, 5.41) is 5.43. The van der Waals surface area contributed by atoms with Crippen LogP contribution in [-0.2, 0) is 26.1 Å². The van der Waals surface area contributed by atoms with Crippen molar-refractivity contribution in [1.82, 2.24) is 5.32 Å². The first-order valence-electron chi connectivity index (χ1n) is 13.6. The number of carbonyl (C=O) groups excluding carboxylic acids is 2. The van der Waals surface area contributed by atoms with Crippen LogP contribution >= 0.6 is 0 Å². The third kappa shape index (κ3) is 8.94. The van der Waals surface area contributed by atoms with E-state index in [1.54, 1.807) is 30.3 Å². The topological polar surface area (TPSA) is 114 Å². The zero-order chi connectivity index (χ0) is 30.2. The summed E-state index contributed by atoms with van der Waals surface area (Å²) in [6, 6.07) is 31.5. The molecule has 4 aromatic rings. The summed E-state index contributed by atoms with van der Waals surface area (Å²) in [5.74, 6) is -0.688. The van der Waals surface area contributed by atoms with Gasteiger partial charge in [0.1, 0.15) is 5.60 Å². The molecule has 42 heavy (non-hydrogen) atoms. The van der Waals surface area contributed by atoms with E-state index in [4.69, 9.17) is 4.74 Å². The van der Waals surface area contributed by atoms with Crippen molar-refractivity contribution in [2.24, 2.45) is 0 Å². The molecule has 0 aliphatic carbocycles. The maximum absolute atomic E-state index is 13.3. The van der Waals surface area contributed by atoms with Crippen molar-refractivity contribution in [3.05, 3.63) is 126 Å². The lowest BCUT2D eigenvalue weighted by atomic mass is 9.88. The van der Waals surface area contributed by atoms with Crippen molar-refractivity contribution >= 4 is 33.4 Å². The van der Waals surface area contributed by atoms with Crippen molar-refractivity contribution < 1.29 is 22.7 Å². The molecule has 0 aromatic heterocycles. The standard InChI is InChI=1S/C33H35N3O5S/c1-33(2,3)41-31(37)22-30(25-14-8-5-9-15-25)26-16-10-18-28(20-26)36-42(39,40)29-19-11-17-27(21-29)35-32(38)34-23-24-12-6-4-7-13-24/h4-21,30,36H,22-23H2,1-3H3,(H2,34,35,38). The number of urea groups is 1.